The smallest absolute Gasteiger partial charge is 0.295 e. The van der Waals surface area contributed by atoms with Crippen LogP contribution in [0.2, 0.25) is 0 Å². The molecule has 3 heterocycles. The molecular weight excluding hydrogens is 372 g/mol. The van der Waals surface area contributed by atoms with Gasteiger partial charge < -0.3 is 14.8 Å². The maximum Gasteiger partial charge on any atom is 0.295 e. The van der Waals surface area contributed by atoms with Crippen molar-refractivity contribution >= 4 is 11.6 Å². The number of hydrogen-bond acceptors (Lipinski definition) is 5. The van der Waals surface area contributed by atoms with Gasteiger partial charge in [-0.15, -0.1) is 0 Å². The van der Waals surface area contributed by atoms with E-state index in [0.717, 1.165) is 16.9 Å². The summed E-state index contributed by atoms with van der Waals surface area (Å²) in [6.45, 7) is 9.53. The summed E-state index contributed by atoms with van der Waals surface area (Å²) in [6.07, 6.45) is 5.27. The van der Waals surface area contributed by atoms with E-state index in [0.29, 0.717) is 18.0 Å². The number of nitrogens with one attached hydrogen (secondary N) is 1. The SMILES string of the molecule is CC(C)=CCn1c(-c2cc(C)oc2C)cn2cc(C(=O)NC(C)CO)nc2c1=O. The van der Waals surface area contributed by atoms with Crippen molar-refractivity contribution in [1.29, 1.82) is 0 Å². The average molecular weight is 398 g/mol. The van der Waals surface area contributed by atoms with Crippen molar-refractivity contribution in [3.05, 3.63) is 57.7 Å². The monoisotopic (exact) mass is 398 g/mol. The Hall–Kier alpha value is -3.13. The summed E-state index contributed by atoms with van der Waals surface area (Å²) in [5.41, 5.74) is 2.57. The molecule has 0 aromatic carbocycles. The summed E-state index contributed by atoms with van der Waals surface area (Å²) >= 11 is 0. The molecule has 3 aromatic heterocycles. The van der Waals surface area contributed by atoms with E-state index in [4.69, 9.17) is 9.52 Å². The maximum absolute atomic E-state index is 13.2. The molecule has 29 heavy (non-hydrogen) atoms. The summed E-state index contributed by atoms with van der Waals surface area (Å²) in [6, 6.07) is 1.48. The molecule has 0 aliphatic heterocycles. The molecular formula is C21H26N4O4. The standard InChI is InChI=1S/C21H26N4O4/c1-12(2)6-7-25-18(16-8-14(4)29-15(16)5)10-24-9-17(23-19(24)21(25)28)20(27)22-13(3)11-26/h6,8-10,13,26H,7,11H2,1-5H3,(H,22,27). The molecule has 0 aliphatic carbocycles. The molecule has 3 aromatic rings. The Labute approximate surface area is 168 Å². The predicted octanol–water partition coefficient (Wildman–Crippen LogP) is 2.45. The van der Waals surface area contributed by atoms with E-state index in [2.05, 4.69) is 10.3 Å². The van der Waals surface area contributed by atoms with Gasteiger partial charge in [-0.1, -0.05) is 11.6 Å². The van der Waals surface area contributed by atoms with E-state index in [1.165, 1.54) is 6.20 Å². The molecule has 0 fully saturated rings. The topological polar surface area (TPSA) is 102 Å². The van der Waals surface area contributed by atoms with Gasteiger partial charge in [-0.25, -0.2) is 4.98 Å². The maximum atomic E-state index is 13.2. The minimum absolute atomic E-state index is 0.119. The number of fused-ring (bicyclic) bond motifs is 1. The third-order valence-corrected chi connectivity index (χ3v) is 4.60. The molecule has 3 rings (SSSR count). The van der Waals surface area contributed by atoms with Crippen LogP contribution in [0.15, 0.2) is 39.3 Å². The molecule has 0 bridgehead atoms. The third kappa shape index (κ3) is 4.17. The third-order valence-electron chi connectivity index (χ3n) is 4.60. The molecule has 2 N–H and O–H groups in total. The molecule has 1 amide bonds. The number of aliphatic hydroxyl groups excluding tert-OH is 1. The molecule has 1 unspecified atom stereocenters. The van der Waals surface area contributed by atoms with Crippen LogP contribution >= 0.6 is 0 Å². The summed E-state index contributed by atoms with van der Waals surface area (Å²) in [7, 11) is 0. The first kappa shape index (κ1) is 20.6. The fraction of sp³-hybridized carbons (Fsp3) is 0.381. The largest absolute Gasteiger partial charge is 0.466 e. The number of carbonyl (C=O) groups is 1. The van der Waals surface area contributed by atoms with Gasteiger partial charge in [-0.2, -0.15) is 0 Å². The Morgan fingerprint density at radius 3 is 2.66 bits per heavy atom. The number of amides is 1. The van der Waals surface area contributed by atoms with Crippen molar-refractivity contribution in [3.8, 4) is 11.3 Å². The Bertz CT molecular complexity index is 1150. The highest BCUT2D eigenvalue weighted by Gasteiger charge is 2.19. The molecule has 8 heteroatoms. The number of aliphatic hydroxyl groups is 1. The Morgan fingerprint density at radius 2 is 2.07 bits per heavy atom. The van der Waals surface area contributed by atoms with Crippen molar-refractivity contribution in [2.24, 2.45) is 0 Å². The highest BCUT2D eigenvalue weighted by atomic mass is 16.3. The lowest BCUT2D eigenvalue weighted by molar-refractivity contribution is 0.0918. The molecule has 0 radical (unpaired) electrons. The van der Waals surface area contributed by atoms with Crippen LogP contribution in [0.5, 0.6) is 0 Å². The van der Waals surface area contributed by atoms with Gasteiger partial charge in [-0.3, -0.25) is 18.6 Å². The van der Waals surface area contributed by atoms with E-state index >= 15 is 0 Å². The van der Waals surface area contributed by atoms with Crippen molar-refractivity contribution < 1.29 is 14.3 Å². The number of imidazole rings is 1. The lowest BCUT2D eigenvalue weighted by atomic mass is 10.1. The first-order valence-electron chi connectivity index (χ1n) is 9.46. The van der Waals surface area contributed by atoms with Gasteiger partial charge in [-0.05, 0) is 40.7 Å². The molecule has 1 atom stereocenters. The van der Waals surface area contributed by atoms with Crippen LogP contribution in [0.1, 0.15) is 42.8 Å². The molecule has 8 nitrogen and oxygen atoms in total. The quantitative estimate of drug-likeness (QED) is 0.621. The van der Waals surface area contributed by atoms with Crippen molar-refractivity contribution in [3.63, 3.8) is 0 Å². The summed E-state index contributed by atoms with van der Waals surface area (Å²) in [5.74, 6) is 1.02. The van der Waals surface area contributed by atoms with Crippen LogP contribution in [-0.2, 0) is 6.54 Å². The van der Waals surface area contributed by atoms with Crippen LogP contribution in [0.4, 0.5) is 0 Å². The van der Waals surface area contributed by atoms with Crippen molar-refractivity contribution in [2.45, 2.75) is 47.2 Å². The number of allylic oxidation sites excluding steroid dienone is 2. The highest BCUT2D eigenvalue weighted by molar-refractivity contribution is 5.93. The Morgan fingerprint density at radius 1 is 1.34 bits per heavy atom. The van der Waals surface area contributed by atoms with E-state index in [1.54, 1.807) is 22.1 Å². The van der Waals surface area contributed by atoms with E-state index in [9.17, 15) is 9.59 Å². The summed E-state index contributed by atoms with van der Waals surface area (Å²) in [4.78, 5) is 29.8. The summed E-state index contributed by atoms with van der Waals surface area (Å²) < 4.78 is 8.85. The van der Waals surface area contributed by atoms with E-state index in [1.807, 2.05) is 39.8 Å². The zero-order chi connectivity index (χ0) is 21.3. The van der Waals surface area contributed by atoms with Crippen LogP contribution < -0.4 is 10.9 Å². The first-order chi connectivity index (χ1) is 13.7. The lowest BCUT2D eigenvalue weighted by Gasteiger charge is -2.11. The molecule has 0 aliphatic rings. The van der Waals surface area contributed by atoms with Crippen LogP contribution in [0.25, 0.3) is 16.9 Å². The number of rotatable bonds is 6. The average Bonchev–Trinajstić information content (AvgIpc) is 3.23. The van der Waals surface area contributed by atoms with Gasteiger partial charge in [0.15, 0.2) is 0 Å². The number of aromatic nitrogens is 3. The zero-order valence-corrected chi connectivity index (χ0v) is 17.3. The lowest BCUT2D eigenvalue weighted by Crippen LogP contribution is -2.35. The van der Waals surface area contributed by atoms with Crippen LogP contribution in [0, 0.1) is 13.8 Å². The minimum Gasteiger partial charge on any atom is -0.466 e. The van der Waals surface area contributed by atoms with E-state index < -0.39 is 11.9 Å². The number of aryl methyl sites for hydroxylation is 2. The fourth-order valence-electron chi connectivity index (χ4n) is 3.09. The van der Waals surface area contributed by atoms with Gasteiger partial charge in [0.25, 0.3) is 11.5 Å². The molecule has 0 saturated carbocycles. The first-order valence-corrected chi connectivity index (χ1v) is 9.46. The molecule has 0 saturated heterocycles. The second kappa shape index (κ2) is 8.08. The summed E-state index contributed by atoms with van der Waals surface area (Å²) in [5, 5.41) is 11.8. The fourth-order valence-corrected chi connectivity index (χ4v) is 3.09. The number of carbonyl (C=O) groups excluding carboxylic acids is 1. The van der Waals surface area contributed by atoms with Gasteiger partial charge in [0.1, 0.15) is 17.2 Å². The highest BCUT2D eigenvalue weighted by Crippen LogP contribution is 2.26. The van der Waals surface area contributed by atoms with Gasteiger partial charge in [0, 0.05) is 30.5 Å². The second-order valence-corrected chi connectivity index (χ2v) is 7.45. The molecule has 154 valence electrons. The zero-order valence-electron chi connectivity index (χ0n) is 17.3. The second-order valence-electron chi connectivity index (χ2n) is 7.45. The number of nitrogens with zero attached hydrogens (tertiary/aromatic N) is 3. The van der Waals surface area contributed by atoms with Crippen molar-refractivity contribution in [1.82, 2.24) is 19.3 Å². The number of hydrogen-bond donors (Lipinski definition) is 2. The van der Waals surface area contributed by atoms with Gasteiger partial charge >= 0.3 is 0 Å². The Balaban J connectivity index is 2.19. The Kier molecular flexibility index (Phi) is 5.74. The predicted molar refractivity (Wildman–Crippen MR) is 110 cm³/mol. The number of furan rings is 1. The molecule has 0 spiro atoms. The van der Waals surface area contributed by atoms with E-state index in [-0.39, 0.29) is 23.5 Å². The van der Waals surface area contributed by atoms with Crippen LogP contribution in [-0.4, -0.2) is 37.6 Å². The normalized spacial score (nSPS) is 12.2. The minimum atomic E-state index is -0.442. The van der Waals surface area contributed by atoms with Crippen LogP contribution in [0.3, 0.4) is 0 Å². The van der Waals surface area contributed by atoms with Gasteiger partial charge in [0.2, 0.25) is 5.65 Å². The van der Waals surface area contributed by atoms with Gasteiger partial charge in [0.05, 0.1) is 12.3 Å². The van der Waals surface area contributed by atoms with Crippen molar-refractivity contribution in [2.75, 3.05) is 6.61 Å².